The third-order valence-corrected chi connectivity index (χ3v) is 2.62. The number of ether oxygens (including phenoxy) is 1. The maximum absolute atomic E-state index is 12.9. The Bertz CT molecular complexity index is 536. The summed E-state index contributed by atoms with van der Waals surface area (Å²) >= 11 is 0. The lowest BCUT2D eigenvalue weighted by atomic mass is 10.1. The summed E-state index contributed by atoms with van der Waals surface area (Å²) in [7, 11) is 0. The van der Waals surface area contributed by atoms with E-state index in [0.717, 1.165) is 0 Å². The molecule has 1 unspecified atom stereocenters. The van der Waals surface area contributed by atoms with Crippen LogP contribution in [-0.2, 0) is 11.2 Å². The zero-order valence-electron chi connectivity index (χ0n) is 10.1. The van der Waals surface area contributed by atoms with E-state index in [2.05, 4.69) is 0 Å². The second-order valence-corrected chi connectivity index (χ2v) is 4.09. The summed E-state index contributed by atoms with van der Waals surface area (Å²) in [6.45, 7) is -0.0422. The number of aliphatic carboxylic acids is 1. The first-order valence-corrected chi connectivity index (χ1v) is 5.78. The monoisotopic (exact) mass is 264 g/mol. The Morgan fingerprint density at radius 1 is 1.37 bits per heavy atom. The number of hydrogen-bond acceptors (Lipinski definition) is 3. The number of rotatable bonds is 6. The Morgan fingerprint density at radius 2 is 2.21 bits per heavy atom. The predicted molar refractivity (Wildman–Crippen MR) is 65.4 cm³/mol. The number of benzene rings is 1. The molecule has 1 N–H and O–H groups in total. The topological polar surface area (TPSA) is 59.7 Å². The standard InChI is InChI=1S/C14H13FO4/c15-11-3-1-4-13(8-11)19-9-10(14(16)17)7-12-5-2-6-18-12/h1-6,8,10H,7,9H2,(H,16,17). The predicted octanol–water partition coefficient (Wildman–Crippen LogP) is 2.74. The van der Waals surface area contributed by atoms with Crippen LogP contribution < -0.4 is 4.74 Å². The average molecular weight is 264 g/mol. The van der Waals surface area contributed by atoms with Crippen LogP contribution in [0.3, 0.4) is 0 Å². The van der Waals surface area contributed by atoms with Gasteiger partial charge in [0.1, 0.15) is 23.9 Å². The molecule has 0 fully saturated rings. The van der Waals surface area contributed by atoms with E-state index >= 15 is 0 Å². The number of furan rings is 1. The van der Waals surface area contributed by atoms with E-state index in [1.807, 2.05) is 0 Å². The van der Waals surface area contributed by atoms with Gasteiger partial charge in [0.05, 0.1) is 12.2 Å². The van der Waals surface area contributed by atoms with Gasteiger partial charge in [0.2, 0.25) is 0 Å². The third kappa shape index (κ3) is 3.84. The van der Waals surface area contributed by atoms with Crippen LogP contribution >= 0.6 is 0 Å². The van der Waals surface area contributed by atoms with Crippen molar-refractivity contribution in [1.29, 1.82) is 0 Å². The van der Waals surface area contributed by atoms with Crippen molar-refractivity contribution in [3.05, 3.63) is 54.2 Å². The van der Waals surface area contributed by atoms with Crippen LogP contribution in [0.25, 0.3) is 0 Å². The molecular weight excluding hydrogens is 251 g/mol. The van der Waals surface area contributed by atoms with E-state index in [9.17, 15) is 9.18 Å². The Hall–Kier alpha value is -2.30. The number of halogens is 1. The van der Waals surface area contributed by atoms with E-state index in [-0.39, 0.29) is 13.0 Å². The molecule has 0 saturated carbocycles. The minimum atomic E-state index is -0.979. The van der Waals surface area contributed by atoms with Crippen molar-refractivity contribution >= 4 is 5.97 Å². The van der Waals surface area contributed by atoms with E-state index < -0.39 is 17.7 Å². The Kier molecular flexibility index (Phi) is 4.18. The lowest BCUT2D eigenvalue weighted by Crippen LogP contribution is -2.23. The summed E-state index contributed by atoms with van der Waals surface area (Å²) in [5, 5.41) is 9.11. The van der Waals surface area contributed by atoms with E-state index in [1.165, 1.54) is 24.5 Å². The minimum Gasteiger partial charge on any atom is -0.493 e. The number of carboxylic acid groups (broad SMARTS) is 1. The smallest absolute Gasteiger partial charge is 0.310 e. The number of carbonyl (C=O) groups is 1. The van der Waals surface area contributed by atoms with Crippen LogP contribution in [0.4, 0.5) is 4.39 Å². The Balaban J connectivity index is 1.96. The van der Waals surface area contributed by atoms with Gasteiger partial charge in [-0.1, -0.05) is 6.07 Å². The van der Waals surface area contributed by atoms with Crippen molar-refractivity contribution in [2.45, 2.75) is 6.42 Å². The Labute approximate surface area is 109 Å². The fourth-order valence-electron chi connectivity index (χ4n) is 1.64. The molecule has 4 nitrogen and oxygen atoms in total. The molecule has 0 aliphatic rings. The summed E-state index contributed by atoms with van der Waals surface area (Å²) < 4.78 is 23.3. The minimum absolute atomic E-state index is 0.0422. The normalized spacial score (nSPS) is 12.1. The summed E-state index contributed by atoms with van der Waals surface area (Å²) in [5.41, 5.74) is 0. The van der Waals surface area contributed by atoms with Gasteiger partial charge < -0.3 is 14.3 Å². The molecule has 1 aromatic heterocycles. The maximum Gasteiger partial charge on any atom is 0.310 e. The third-order valence-electron chi connectivity index (χ3n) is 2.62. The zero-order valence-corrected chi connectivity index (χ0v) is 10.1. The van der Waals surface area contributed by atoms with Gasteiger partial charge >= 0.3 is 5.97 Å². The summed E-state index contributed by atoms with van der Waals surface area (Å²) in [5.74, 6) is -1.25. The molecule has 5 heteroatoms. The largest absolute Gasteiger partial charge is 0.493 e. The van der Waals surface area contributed by atoms with Crippen molar-refractivity contribution in [1.82, 2.24) is 0 Å². The van der Waals surface area contributed by atoms with Gasteiger partial charge in [0, 0.05) is 12.5 Å². The van der Waals surface area contributed by atoms with Crippen molar-refractivity contribution in [3.63, 3.8) is 0 Å². The quantitative estimate of drug-likeness (QED) is 0.871. The number of hydrogen-bond donors (Lipinski definition) is 1. The molecule has 1 atom stereocenters. The van der Waals surface area contributed by atoms with Gasteiger partial charge in [-0.15, -0.1) is 0 Å². The van der Waals surface area contributed by atoms with Gasteiger partial charge in [-0.3, -0.25) is 4.79 Å². The average Bonchev–Trinajstić information content (AvgIpc) is 2.87. The molecule has 0 radical (unpaired) electrons. The highest BCUT2D eigenvalue weighted by Crippen LogP contribution is 2.15. The first-order chi connectivity index (χ1) is 9.15. The molecule has 1 aromatic carbocycles. The van der Waals surface area contributed by atoms with Gasteiger partial charge in [-0.2, -0.15) is 0 Å². The molecule has 19 heavy (non-hydrogen) atoms. The van der Waals surface area contributed by atoms with Crippen LogP contribution in [0, 0.1) is 11.7 Å². The molecule has 0 spiro atoms. The van der Waals surface area contributed by atoms with Gasteiger partial charge in [0.15, 0.2) is 0 Å². The highest BCUT2D eigenvalue weighted by Gasteiger charge is 2.20. The summed E-state index contributed by atoms with van der Waals surface area (Å²) in [6.07, 6.45) is 1.72. The van der Waals surface area contributed by atoms with Gasteiger partial charge in [-0.05, 0) is 24.3 Å². The lowest BCUT2D eigenvalue weighted by molar-refractivity contribution is -0.142. The molecule has 0 aliphatic carbocycles. The second-order valence-electron chi connectivity index (χ2n) is 4.09. The number of carboxylic acids is 1. The first kappa shape index (κ1) is 13.1. The van der Waals surface area contributed by atoms with Gasteiger partial charge in [-0.25, -0.2) is 4.39 Å². The van der Waals surface area contributed by atoms with Crippen LogP contribution in [0.15, 0.2) is 47.1 Å². The fourth-order valence-corrected chi connectivity index (χ4v) is 1.64. The van der Waals surface area contributed by atoms with Crippen LogP contribution in [-0.4, -0.2) is 17.7 Å². The van der Waals surface area contributed by atoms with E-state index in [0.29, 0.717) is 11.5 Å². The molecule has 0 bridgehead atoms. The summed E-state index contributed by atoms with van der Waals surface area (Å²) in [6, 6.07) is 9.00. The Morgan fingerprint density at radius 3 is 2.84 bits per heavy atom. The molecular formula is C14H13FO4. The van der Waals surface area contributed by atoms with Crippen LogP contribution in [0.1, 0.15) is 5.76 Å². The van der Waals surface area contributed by atoms with E-state index in [1.54, 1.807) is 18.2 Å². The molecule has 2 aromatic rings. The summed E-state index contributed by atoms with van der Waals surface area (Å²) in [4.78, 5) is 11.1. The lowest BCUT2D eigenvalue weighted by Gasteiger charge is -2.12. The van der Waals surface area contributed by atoms with Crippen molar-refractivity contribution in [3.8, 4) is 5.75 Å². The first-order valence-electron chi connectivity index (χ1n) is 5.78. The van der Waals surface area contributed by atoms with Crippen LogP contribution in [0.2, 0.25) is 0 Å². The van der Waals surface area contributed by atoms with Gasteiger partial charge in [0.25, 0.3) is 0 Å². The molecule has 0 amide bonds. The van der Waals surface area contributed by atoms with Crippen molar-refractivity contribution in [2.75, 3.05) is 6.61 Å². The zero-order chi connectivity index (χ0) is 13.7. The SMILES string of the molecule is O=C(O)C(COc1cccc(F)c1)Cc1ccco1. The highest BCUT2D eigenvalue weighted by molar-refractivity contribution is 5.70. The molecule has 0 saturated heterocycles. The maximum atomic E-state index is 12.9. The van der Waals surface area contributed by atoms with Crippen molar-refractivity contribution < 1.29 is 23.4 Å². The van der Waals surface area contributed by atoms with E-state index in [4.69, 9.17) is 14.3 Å². The highest BCUT2D eigenvalue weighted by atomic mass is 19.1. The van der Waals surface area contributed by atoms with Crippen molar-refractivity contribution in [2.24, 2.45) is 5.92 Å². The second kappa shape index (κ2) is 6.04. The molecule has 0 aliphatic heterocycles. The molecule has 100 valence electrons. The molecule has 1 heterocycles. The molecule has 2 rings (SSSR count). The van der Waals surface area contributed by atoms with Crippen LogP contribution in [0.5, 0.6) is 5.75 Å². The fraction of sp³-hybridized carbons (Fsp3) is 0.214.